The average molecular weight is 310 g/mol. The summed E-state index contributed by atoms with van der Waals surface area (Å²) < 4.78 is 5.15. The summed E-state index contributed by atoms with van der Waals surface area (Å²) in [7, 11) is 0. The normalized spacial score (nSPS) is 34.5. The number of rotatable bonds is 1. The summed E-state index contributed by atoms with van der Waals surface area (Å²) in [6.07, 6.45) is 8.73. The number of carbonyl (C=O) groups is 2. The first kappa shape index (κ1) is 14.7. The molecule has 4 atom stereocenters. The molecule has 1 saturated carbocycles. The molecule has 0 spiro atoms. The molecule has 23 heavy (non-hydrogen) atoms. The molecule has 3 heteroatoms. The van der Waals surface area contributed by atoms with Crippen LogP contribution in [0.4, 0.5) is 0 Å². The highest BCUT2D eigenvalue weighted by Crippen LogP contribution is 2.58. The van der Waals surface area contributed by atoms with E-state index in [2.05, 4.69) is 19.1 Å². The zero-order valence-corrected chi connectivity index (χ0v) is 13.7. The fourth-order valence-electron chi connectivity index (χ4n) is 5.09. The Hall–Kier alpha value is -1.90. The summed E-state index contributed by atoms with van der Waals surface area (Å²) in [5.74, 6) is 1.83. The van der Waals surface area contributed by atoms with Gasteiger partial charge >= 0.3 is 5.97 Å². The predicted molar refractivity (Wildman–Crippen MR) is 87.5 cm³/mol. The van der Waals surface area contributed by atoms with Gasteiger partial charge in [-0.3, -0.25) is 9.59 Å². The van der Waals surface area contributed by atoms with Gasteiger partial charge in [-0.2, -0.15) is 0 Å². The summed E-state index contributed by atoms with van der Waals surface area (Å²) in [5.41, 5.74) is 2.20. The molecule has 3 aliphatic rings. The van der Waals surface area contributed by atoms with Gasteiger partial charge in [0.05, 0.1) is 0 Å². The van der Waals surface area contributed by atoms with Crippen LogP contribution in [0, 0.1) is 17.3 Å². The zero-order valence-electron chi connectivity index (χ0n) is 13.7. The Morgan fingerprint density at radius 1 is 1.35 bits per heavy atom. The number of hydrogen-bond donors (Lipinski definition) is 0. The molecule has 1 aromatic rings. The summed E-state index contributed by atoms with van der Waals surface area (Å²) in [4.78, 5) is 23.8. The molecule has 1 fully saturated rings. The van der Waals surface area contributed by atoms with Crippen molar-refractivity contribution in [2.24, 2.45) is 17.3 Å². The van der Waals surface area contributed by atoms with Crippen LogP contribution < -0.4 is 4.74 Å². The molecule has 0 N–H and O–H groups in total. The zero-order chi connectivity index (χ0) is 16.2. The van der Waals surface area contributed by atoms with E-state index in [1.54, 1.807) is 6.07 Å². The molecule has 0 unspecified atom stereocenters. The molecule has 0 amide bonds. The maximum atomic E-state index is 12.7. The van der Waals surface area contributed by atoms with Gasteiger partial charge < -0.3 is 4.74 Å². The van der Waals surface area contributed by atoms with E-state index >= 15 is 0 Å². The number of allylic oxidation sites excluding steroid dienone is 2. The van der Waals surface area contributed by atoms with Gasteiger partial charge in [0, 0.05) is 18.9 Å². The lowest BCUT2D eigenvalue weighted by molar-refractivity contribution is -0.131. The van der Waals surface area contributed by atoms with Crippen LogP contribution in [0.2, 0.25) is 0 Å². The lowest BCUT2D eigenvalue weighted by Gasteiger charge is -2.48. The Morgan fingerprint density at radius 2 is 2.17 bits per heavy atom. The van der Waals surface area contributed by atoms with E-state index in [4.69, 9.17) is 4.74 Å². The second-order valence-electron chi connectivity index (χ2n) is 7.53. The van der Waals surface area contributed by atoms with Crippen molar-refractivity contribution < 1.29 is 14.3 Å². The van der Waals surface area contributed by atoms with E-state index in [1.165, 1.54) is 13.3 Å². The minimum Gasteiger partial charge on any atom is -0.427 e. The molecule has 0 saturated heterocycles. The van der Waals surface area contributed by atoms with E-state index in [1.807, 2.05) is 12.1 Å². The first-order valence-electron chi connectivity index (χ1n) is 8.51. The monoisotopic (exact) mass is 310 g/mol. The molecule has 0 aliphatic heterocycles. The minimum atomic E-state index is -0.350. The van der Waals surface area contributed by atoms with Crippen LogP contribution in [0.5, 0.6) is 5.75 Å². The van der Waals surface area contributed by atoms with Crippen LogP contribution in [0.1, 0.15) is 61.4 Å². The largest absolute Gasteiger partial charge is 0.427 e. The van der Waals surface area contributed by atoms with Crippen molar-refractivity contribution in [1.29, 1.82) is 0 Å². The third-order valence-electron chi connectivity index (χ3n) is 6.17. The minimum absolute atomic E-state index is 0.200. The molecule has 0 bridgehead atoms. The van der Waals surface area contributed by atoms with E-state index < -0.39 is 0 Å². The molecular formula is C20H22O3. The van der Waals surface area contributed by atoms with E-state index in [0.717, 1.165) is 24.0 Å². The molecule has 4 rings (SSSR count). The van der Waals surface area contributed by atoms with Gasteiger partial charge in [-0.15, -0.1) is 0 Å². The third kappa shape index (κ3) is 2.25. The quantitative estimate of drug-likeness (QED) is 0.442. The van der Waals surface area contributed by atoms with Crippen LogP contribution in [0.15, 0.2) is 30.4 Å². The lowest BCUT2D eigenvalue weighted by atomic mass is 9.55. The number of esters is 1. The van der Waals surface area contributed by atoms with Gasteiger partial charge in [0.25, 0.3) is 0 Å². The van der Waals surface area contributed by atoms with Crippen LogP contribution in [0.25, 0.3) is 0 Å². The number of hydrogen-bond acceptors (Lipinski definition) is 3. The van der Waals surface area contributed by atoms with Gasteiger partial charge in [-0.05, 0) is 60.1 Å². The Bertz CT molecular complexity index is 718. The van der Waals surface area contributed by atoms with Gasteiger partial charge in [0.1, 0.15) is 5.75 Å². The van der Waals surface area contributed by atoms with Gasteiger partial charge in [-0.1, -0.05) is 25.1 Å². The molecule has 0 radical (unpaired) electrons. The topological polar surface area (TPSA) is 43.4 Å². The Labute approximate surface area is 136 Å². The van der Waals surface area contributed by atoms with Crippen molar-refractivity contribution in [2.75, 3.05) is 0 Å². The van der Waals surface area contributed by atoms with Crippen molar-refractivity contribution >= 4 is 11.8 Å². The van der Waals surface area contributed by atoms with Crippen molar-refractivity contribution in [3.05, 3.63) is 41.5 Å². The second kappa shape index (κ2) is 5.05. The fourth-order valence-corrected chi connectivity index (χ4v) is 5.09. The molecule has 3 nitrogen and oxygen atoms in total. The highest BCUT2D eigenvalue weighted by atomic mass is 16.5. The van der Waals surface area contributed by atoms with Gasteiger partial charge in [0.15, 0.2) is 5.78 Å². The van der Waals surface area contributed by atoms with Crippen molar-refractivity contribution in [3.8, 4) is 5.75 Å². The average Bonchev–Trinajstić information content (AvgIpc) is 2.89. The van der Waals surface area contributed by atoms with Crippen molar-refractivity contribution in [1.82, 2.24) is 0 Å². The first-order valence-corrected chi connectivity index (χ1v) is 8.51. The summed E-state index contributed by atoms with van der Waals surface area (Å²) in [6, 6.07) is 5.60. The Balaban J connectivity index is 1.71. The predicted octanol–water partition coefficient (Wildman–Crippen LogP) is 4.27. The number of ketones is 1. The molecule has 1 aromatic carbocycles. The Morgan fingerprint density at radius 3 is 2.96 bits per heavy atom. The highest BCUT2D eigenvalue weighted by molar-refractivity contribution is 5.99. The number of fused-ring (bicyclic) bond motifs is 5. The summed E-state index contributed by atoms with van der Waals surface area (Å²) in [5, 5.41) is 0. The van der Waals surface area contributed by atoms with E-state index in [0.29, 0.717) is 29.9 Å². The van der Waals surface area contributed by atoms with Crippen LogP contribution in [0.3, 0.4) is 0 Å². The lowest BCUT2D eigenvalue weighted by Crippen LogP contribution is -2.41. The van der Waals surface area contributed by atoms with Crippen LogP contribution >= 0.6 is 0 Å². The second-order valence-corrected chi connectivity index (χ2v) is 7.53. The fraction of sp³-hybridized carbons (Fsp3) is 0.500. The molecule has 120 valence electrons. The molecule has 0 heterocycles. The molecule has 0 aromatic heterocycles. The SMILES string of the molecule is CC(=O)Oc1ccc2c(c1)C(=O)C[C@@H]1[C@@H]2CC[C@]2(C)C=CC[C@@H]12. The summed E-state index contributed by atoms with van der Waals surface area (Å²) >= 11 is 0. The number of benzene rings is 1. The third-order valence-corrected chi connectivity index (χ3v) is 6.17. The number of Topliss-reactive ketones (excluding diaryl/α,β-unsaturated/α-hetero) is 1. The first-order chi connectivity index (χ1) is 11.0. The number of carbonyl (C=O) groups excluding carboxylic acids is 2. The van der Waals surface area contributed by atoms with Gasteiger partial charge in [0.2, 0.25) is 0 Å². The van der Waals surface area contributed by atoms with Gasteiger partial charge in [-0.25, -0.2) is 0 Å². The summed E-state index contributed by atoms with van der Waals surface area (Å²) in [6.45, 7) is 3.73. The molecule has 3 aliphatic carbocycles. The van der Waals surface area contributed by atoms with Crippen LogP contribution in [-0.2, 0) is 4.79 Å². The van der Waals surface area contributed by atoms with E-state index in [-0.39, 0.29) is 17.2 Å². The van der Waals surface area contributed by atoms with E-state index in [9.17, 15) is 9.59 Å². The standard InChI is InChI=1S/C20H22O3/c1-12(21)23-13-5-6-14-15-7-9-20(2)8-3-4-18(20)16(15)11-19(22)17(14)10-13/h3,5-6,8,10,15-16,18H,4,7,9,11H2,1-2H3/t15-,16-,18+,20+/m1/s1. The maximum absolute atomic E-state index is 12.7. The van der Waals surface area contributed by atoms with Crippen molar-refractivity contribution in [3.63, 3.8) is 0 Å². The van der Waals surface area contributed by atoms with Crippen LogP contribution in [-0.4, -0.2) is 11.8 Å². The van der Waals surface area contributed by atoms with Crippen molar-refractivity contribution in [2.45, 2.75) is 45.4 Å². The maximum Gasteiger partial charge on any atom is 0.308 e. The number of ether oxygens (including phenoxy) is 1. The smallest absolute Gasteiger partial charge is 0.308 e. The molecular weight excluding hydrogens is 288 g/mol. The Kier molecular flexibility index (Phi) is 3.22. The highest BCUT2D eigenvalue weighted by Gasteiger charge is 2.49.